The summed E-state index contributed by atoms with van der Waals surface area (Å²) in [5, 5.41) is 3.50. The average Bonchev–Trinajstić information content (AvgIpc) is 3.19. The molecule has 5 nitrogen and oxygen atoms in total. The van der Waals surface area contributed by atoms with E-state index in [9.17, 15) is 8.42 Å². The van der Waals surface area contributed by atoms with Crippen LogP contribution >= 0.6 is 0 Å². The zero-order chi connectivity index (χ0) is 14.9. The Labute approximate surface area is 126 Å². The minimum absolute atomic E-state index is 0.267. The van der Waals surface area contributed by atoms with Crippen LogP contribution in [0.25, 0.3) is 0 Å². The molecule has 0 atom stereocenters. The summed E-state index contributed by atoms with van der Waals surface area (Å²) in [4.78, 5) is 2.18. The van der Waals surface area contributed by atoms with Crippen LogP contribution < -0.4 is 5.32 Å². The van der Waals surface area contributed by atoms with E-state index in [4.69, 9.17) is 4.42 Å². The molecule has 0 bridgehead atoms. The molecule has 0 amide bonds. The van der Waals surface area contributed by atoms with Crippen molar-refractivity contribution >= 4 is 9.84 Å². The van der Waals surface area contributed by atoms with E-state index in [1.54, 1.807) is 0 Å². The average molecular weight is 312 g/mol. The molecule has 3 rings (SSSR count). The van der Waals surface area contributed by atoms with Gasteiger partial charge < -0.3 is 9.73 Å². The smallest absolute Gasteiger partial charge is 0.151 e. The first-order chi connectivity index (χ1) is 10.0. The van der Waals surface area contributed by atoms with Gasteiger partial charge in [-0.15, -0.1) is 0 Å². The molecular weight excluding hydrogens is 288 g/mol. The van der Waals surface area contributed by atoms with E-state index in [1.807, 2.05) is 6.92 Å². The molecule has 21 heavy (non-hydrogen) atoms. The maximum absolute atomic E-state index is 11.6. The van der Waals surface area contributed by atoms with Crippen molar-refractivity contribution in [2.45, 2.75) is 45.3 Å². The molecule has 1 aliphatic carbocycles. The van der Waals surface area contributed by atoms with Gasteiger partial charge in [0.25, 0.3) is 0 Å². The number of hydrogen-bond donors (Lipinski definition) is 1. The van der Waals surface area contributed by atoms with Gasteiger partial charge in [-0.1, -0.05) is 0 Å². The molecule has 0 radical (unpaired) electrons. The molecule has 1 aliphatic heterocycles. The van der Waals surface area contributed by atoms with Gasteiger partial charge in [-0.05, 0) is 38.8 Å². The first kappa shape index (κ1) is 15.1. The first-order valence-corrected chi connectivity index (χ1v) is 9.58. The quantitative estimate of drug-likeness (QED) is 0.892. The summed E-state index contributed by atoms with van der Waals surface area (Å²) in [6.07, 6.45) is 3.29. The molecule has 2 aliphatic rings. The minimum atomic E-state index is -2.84. The van der Waals surface area contributed by atoms with Crippen LogP contribution in [0.1, 0.15) is 36.3 Å². The van der Waals surface area contributed by atoms with Crippen molar-refractivity contribution in [2.75, 3.05) is 24.6 Å². The molecule has 2 fully saturated rings. The van der Waals surface area contributed by atoms with Gasteiger partial charge in [-0.25, -0.2) is 8.42 Å². The van der Waals surface area contributed by atoms with E-state index in [1.165, 1.54) is 18.4 Å². The number of aryl methyl sites for hydroxylation is 1. The van der Waals surface area contributed by atoms with Gasteiger partial charge in [0.1, 0.15) is 11.5 Å². The third kappa shape index (κ3) is 4.31. The highest BCUT2D eigenvalue weighted by Gasteiger charge is 2.22. The number of hydrogen-bond acceptors (Lipinski definition) is 5. The zero-order valence-electron chi connectivity index (χ0n) is 12.6. The third-order valence-electron chi connectivity index (χ3n) is 4.26. The summed E-state index contributed by atoms with van der Waals surface area (Å²) in [6.45, 7) is 5.01. The molecule has 1 saturated carbocycles. The monoisotopic (exact) mass is 312 g/mol. The highest BCUT2D eigenvalue weighted by atomic mass is 32.2. The van der Waals surface area contributed by atoms with E-state index in [0.717, 1.165) is 31.0 Å². The second kappa shape index (κ2) is 6.10. The van der Waals surface area contributed by atoms with Crippen LogP contribution in [0.4, 0.5) is 0 Å². The lowest BCUT2D eigenvalue weighted by Gasteiger charge is -2.17. The lowest BCUT2D eigenvalue weighted by molar-refractivity contribution is 0.260. The van der Waals surface area contributed by atoms with Crippen LogP contribution in [0.2, 0.25) is 0 Å². The normalized spacial score (nSPS) is 23.1. The van der Waals surface area contributed by atoms with Crippen LogP contribution in [0.15, 0.2) is 10.5 Å². The number of nitrogens with one attached hydrogen (secondary N) is 1. The SMILES string of the molecule is Cc1oc(CN2CCCS(=O)(=O)CC2)cc1CNC1CC1. The van der Waals surface area contributed by atoms with Crippen molar-refractivity contribution in [1.82, 2.24) is 10.2 Å². The van der Waals surface area contributed by atoms with Gasteiger partial charge >= 0.3 is 0 Å². The Morgan fingerprint density at radius 1 is 1.33 bits per heavy atom. The molecular formula is C15H24N2O3S. The minimum Gasteiger partial charge on any atom is -0.465 e. The number of furan rings is 1. The largest absolute Gasteiger partial charge is 0.465 e. The summed E-state index contributed by atoms with van der Waals surface area (Å²) < 4.78 is 29.1. The van der Waals surface area contributed by atoms with Crippen LogP contribution in [-0.4, -0.2) is 44.0 Å². The fraction of sp³-hybridized carbons (Fsp3) is 0.733. The van der Waals surface area contributed by atoms with E-state index in [0.29, 0.717) is 24.9 Å². The van der Waals surface area contributed by atoms with Crippen LogP contribution in [-0.2, 0) is 22.9 Å². The summed E-state index contributed by atoms with van der Waals surface area (Å²) in [5.41, 5.74) is 1.22. The highest BCUT2D eigenvalue weighted by Crippen LogP contribution is 2.22. The highest BCUT2D eigenvalue weighted by molar-refractivity contribution is 7.91. The van der Waals surface area contributed by atoms with E-state index < -0.39 is 9.84 Å². The van der Waals surface area contributed by atoms with Crippen molar-refractivity contribution in [1.29, 1.82) is 0 Å². The predicted molar refractivity (Wildman–Crippen MR) is 81.9 cm³/mol. The molecule has 118 valence electrons. The second-order valence-electron chi connectivity index (χ2n) is 6.23. The molecule has 1 aromatic heterocycles. The van der Waals surface area contributed by atoms with E-state index >= 15 is 0 Å². The summed E-state index contributed by atoms with van der Waals surface area (Å²) >= 11 is 0. The summed E-state index contributed by atoms with van der Waals surface area (Å²) in [6, 6.07) is 2.81. The van der Waals surface area contributed by atoms with Crippen molar-refractivity contribution in [2.24, 2.45) is 0 Å². The van der Waals surface area contributed by atoms with E-state index in [-0.39, 0.29) is 5.75 Å². The fourth-order valence-corrected chi connectivity index (χ4v) is 4.06. The second-order valence-corrected chi connectivity index (χ2v) is 8.53. The predicted octanol–water partition coefficient (Wildman–Crippen LogP) is 1.46. The molecule has 1 saturated heterocycles. The van der Waals surface area contributed by atoms with Gasteiger partial charge in [-0.2, -0.15) is 0 Å². The topological polar surface area (TPSA) is 62.6 Å². The Hall–Kier alpha value is -0.850. The van der Waals surface area contributed by atoms with Gasteiger partial charge in [0.15, 0.2) is 9.84 Å². The molecule has 1 N–H and O–H groups in total. The number of sulfone groups is 1. The van der Waals surface area contributed by atoms with Gasteiger partial charge in [0.2, 0.25) is 0 Å². The zero-order valence-corrected chi connectivity index (χ0v) is 13.4. The Bertz CT molecular complexity index is 590. The Morgan fingerprint density at radius 3 is 2.90 bits per heavy atom. The standard InChI is InChI=1S/C15H24N2O3S/c1-12-13(10-16-14-3-4-14)9-15(20-12)11-17-5-2-7-21(18,19)8-6-17/h9,14,16H,2-8,10-11H2,1H3. The van der Waals surface area contributed by atoms with Crippen molar-refractivity contribution in [3.63, 3.8) is 0 Å². The van der Waals surface area contributed by atoms with E-state index in [2.05, 4.69) is 16.3 Å². The lowest BCUT2D eigenvalue weighted by Crippen LogP contribution is -2.26. The first-order valence-electron chi connectivity index (χ1n) is 7.76. The molecule has 2 heterocycles. The van der Waals surface area contributed by atoms with Gasteiger partial charge in [0, 0.05) is 24.7 Å². The maximum Gasteiger partial charge on any atom is 0.151 e. The maximum atomic E-state index is 11.6. The molecule has 0 aromatic carbocycles. The van der Waals surface area contributed by atoms with Gasteiger partial charge in [-0.3, -0.25) is 4.90 Å². The number of nitrogens with zero attached hydrogens (tertiary/aromatic N) is 1. The Morgan fingerprint density at radius 2 is 2.14 bits per heavy atom. The Kier molecular flexibility index (Phi) is 4.38. The lowest BCUT2D eigenvalue weighted by atomic mass is 10.2. The Balaban J connectivity index is 1.57. The van der Waals surface area contributed by atoms with Crippen LogP contribution in [0.5, 0.6) is 0 Å². The van der Waals surface area contributed by atoms with Crippen molar-refractivity contribution in [3.8, 4) is 0 Å². The van der Waals surface area contributed by atoms with Crippen molar-refractivity contribution < 1.29 is 12.8 Å². The summed E-state index contributed by atoms with van der Waals surface area (Å²) in [5.74, 6) is 2.50. The molecule has 1 aromatic rings. The number of rotatable bonds is 5. The molecule has 6 heteroatoms. The summed E-state index contributed by atoms with van der Waals surface area (Å²) in [7, 11) is -2.84. The fourth-order valence-electron chi connectivity index (χ4n) is 2.75. The molecule has 0 spiro atoms. The van der Waals surface area contributed by atoms with Gasteiger partial charge in [0.05, 0.1) is 18.1 Å². The van der Waals surface area contributed by atoms with Crippen LogP contribution in [0, 0.1) is 6.92 Å². The van der Waals surface area contributed by atoms with Crippen LogP contribution in [0.3, 0.4) is 0 Å². The molecule has 0 unspecified atom stereocenters. The third-order valence-corrected chi connectivity index (χ3v) is 5.97. The van der Waals surface area contributed by atoms with Crippen molar-refractivity contribution in [3.05, 3.63) is 23.2 Å².